The van der Waals surface area contributed by atoms with Crippen molar-refractivity contribution in [3.63, 3.8) is 0 Å². The first-order chi connectivity index (χ1) is 8.65. The fraction of sp³-hybridized carbons (Fsp3) is 0.500. The van der Waals surface area contributed by atoms with E-state index in [2.05, 4.69) is 10.6 Å². The molecule has 0 unspecified atom stereocenters. The van der Waals surface area contributed by atoms with E-state index in [1.165, 1.54) is 5.56 Å². The van der Waals surface area contributed by atoms with E-state index in [1.807, 2.05) is 38.1 Å². The normalized spacial score (nSPS) is 20.4. The summed E-state index contributed by atoms with van der Waals surface area (Å²) in [4.78, 5) is 11.8. The van der Waals surface area contributed by atoms with E-state index in [0.717, 1.165) is 25.1 Å². The zero-order chi connectivity index (χ0) is 13.0. The van der Waals surface area contributed by atoms with Gasteiger partial charge in [0.15, 0.2) is 0 Å². The number of rotatable bonds is 3. The lowest BCUT2D eigenvalue weighted by atomic mass is 10.1. The molecule has 0 spiro atoms. The highest BCUT2D eigenvalue weighted by molar-refractivity contribution is 5.89. The van der Waals surface area contributed by atoms with E-state index in [1.54, 1.807) is 0 Å². The molecule has 98 valence electrons. The van der Waals surface area contributed by atoms with Crippen LogP contribution in [0, 0.1) is 6.92 Å². The summed E-state index contributed by atoms with van der Waals surface area (Å²) in [5.74, 6) is 0. The molecule has 1 heterocycles. The van der Waals surface area contributed by atoms with Crippen molar-refractivity contribution < 1.29 is 9.53 Å². The number of urea groups is 1. The van der Waals surface area contributed by atoms with E-state index in [4.69, 9.17) is 4.74 Å². The summed E-state index contributed by atoms with van der Waals surface area (Å²) in [5.41, 5.74) is 1.98. The molecule has 1 aromatic rings. The largest absolute Gasteiger partial charge is 0.376 e. The summed E-state index contributed by atoms with van der Waals surface area (Å²) in [6, 6.07) is 7.59. The third-order valence-corrected chi connectivity index (χ3v) is 3.19. The van der Waals surface area contributed by atoms with E-state index in [0.29, 0.717) is 0 Å². The average Bonchev–Trinajstić information content (AvgIpc) is 2.85. The molecule has 18 heavy (non-hydrogen) atoms. The van der Waals surface area contributed by atoms with Gasteiger partial charge in [-0.25, -0.2) is 4.79 Å². The number of aryl methyl sites for hydroxylation is 1. The van der Waals surface area contributed by atoms with E-state index in [9.17, 15) is 4.79 Å². The van der Waals surface area contributed by atoms with Crippen molar-refractivity contribution in [3.8, 4) is 0 Å². The molecule has 4 nitrogen and oxygen atoms in total. The quantitative estimate of drug-likeness (QED) is 0.864. The second-order valence-corrected chi connectivity index (χ2v) is 4.80. The second kappa shape index (κ2) is 5.87. The lowest BCUT2D eigenvalue weighted by molar-refractivity contribution is 0.0868. The fourth-order valence-corrected chi connectivity index (χ4v) is 2.10. The van der Waals surface area contributed by atoms with Crippen LogP contribution in [0.1, 0.15) is 25.3 Å². The van der Waals surface area contributed by atoms with Gasteiger partial charge in [-0.15, -0.1) is 0 Å². The summed E-state index contributed by atoms with van der Waals surface area (Å²) in [6.07, 6.45) is 2.25. The summed E-state index contributed by atoms with van der Waals surface area (Å²) >= 11 is 0. The van der Waals surface area contributed by atoms with Crippen LogP contribution in [-0.2, 0) is 4.74 Å². The van der Waals surface area contributed by atoms with Gasteiger partial charge in [0.2, 0.25) is 0 Å². The molecular formula is C14H20N2O2. The number of benzene rings is 1. The molecule has 0 bridgehead atoms. The zero-order valence-corrected chi connectivity index (χ0v) is 10.9. The lowest BCUT2D eigenvalue weighted by Crippen LogP contribution is -2.42. The summed E-state index contributed by atoms with van der Waals surface area (Å²) in [6.45, 7) is 4.80. The van der Waals surface area contributed by atoms with Crippen LogP contribution in [0.5, 0.6) is 0 Å². The number of nitrogens with one attached hydrogen (secondary N) is 2. The molecule has 0 radical (unpaired) electrons. The van der Waals surface area contributed by atoms with Crippen LogP contribution in [0.4, 0.5) is 10.5 Å². The Bertz CT molecular complexity index is 397. The topological polar surface area (TPSA) is 50.4 Å². The molecule has 2 N–H and O–H groups in total. The highest BCUT2D eigenvalue weighted by atomic mass is 16.5. The zero-order valence-electron chi connectivity index (χ0n) is 10.9. The van der Waals surface area contributed by atoms with Gasteiger partial charge in [-0.05, 0) is 38.8 Å². The Morgan fingerprint density at radius 3 is 2.72 bits per heavy atom. The van der Waals surface area contributed by atoms with Crippen LogP contribution in [0.25, 0.3) is 0 Å². The maximum absolute atomic E-state index is 11.8. The van der Waals surface area contributed by atoms with Crippen molar-refractivity contribution in [2.45, 2.75) is 38.8 Å². The predicted molar refractivity (Wildman–Crippen MR) is 71.8 cm³/mol. The molecule has 1 aliphatic heterocycles. The molecule has 4 heteroatoms. The Kier molecular flexibility index (Phi) is 4.20. The molecule has 1 saturated heterocycles. The molecule has 2 amide bonds. The van der Waals surface area contributed by atoms with Crippen LogP contribution in [0.3, 0.4) is 0 Å². The highest BCUT2D eigenvalue weighted by Gasteiger charge is 2.23. The number of carbonyl (C=O) groups is 1. The fourth-order valence-electron chi connectivity index (χ4n) is 2.10. The van der Waals surface area contributed by atoms with E-state index < -0.39 is 0 Å². The van der Waals surface area contributed by atoms with Crippen LogP contribution < -0.4 is 10.6 Å². The van der Waals surface area contributed by atoms with Gasteiger partial charge < -0.3 is 15.4 Å². The number of hydrogen-bond acceptors (Lipinski definition) is 2. The predicted octanol–water partition coefficient (Wildman–Crippen LogP) is 2.68. The number of hydrogen-bond donors (Lipinski definition) is 2. The number of amides is 2. The molecule has 1 fully saturated rings. The molecule has 2 atom stereocenters. The maximum Gasteiger partial charge on any atom is 0.319 e. The van der Waals surface area contributed by atoms with Gasteiger partial charge in [-0.1, -0.05) is 17.7 Å². The Balaban J connectivity index is 1.82. The number of ether oxygens (including phenoxy) is 1. The SMILES string of the molecule is Cc1ccc(NC(=O)N[C@H](C)[C@H]2CCCO2)cc1. The van der Waals surface area contributed by atoms with Gasteiger partial charge in [0, 0.05) is 12.3 Å². The van der Waals surface area contributed by atoms with Gasteiger partial charge in [0.1, 0.15) is 0 Å². The smallest absolute Gasteiger partial charge is 0.319 e. The minimum absolute atomic E-state index is 0.0398. The standard InChI is InChI=1S/C14H20N2O2/c1-10-5-7-12(8-6-10)16-14(17)15-11(2)13-4-3-9-18-13/h5-8,11,13H,3-4,9H2,1-2H3,(H2,15,16,17)/t11-,13-/m1/s1. The van der Waals surface area contributed by atoms with Gasteiger partial charge in [0.25, 0.3) is 0 Å². The molecule has 0 aliphatic carbocycles. The van der Waals surface area contributed by atoms with Gasteiger partial charge in [0.05, 0.1) is 12.1 Å². The van der Waals surface area contributed by atoms with E-state index in [-0.39, 0.29) is 18.2 Å². The first-order valence-corrected chi connectivity index (χ1v) is 6.41. The van der Waals surface area contributed by atoms with Crippen LogP contribution >= 0.6 is 0 Å². The Morgan fingerprint density at radius 1 is 1.39 bits per heavy atom. The van der Waals surface area contributed by atoms with Gasteiger partial charge in [-0.3, -0.25) is 0 Å². The third kappa shape index (κ3) is 3.47. The minimum atomic E-state index is -0.179. The lowest BCUT2D eigenvalue weighted by Gasteiger charge is -2.20. The van der Waals surface area contributed by atoms with Crippen molar-refractivity contribution in [2.24, 2.45) is 0 Å². The van der Waals surface area contributed by atoms with Gasteiger partial charge in [-0.2, -0.15) is 0 Å². The molecule has 1 aliphatic rings. The van der Waals surface area contributed by atoms with Crippen molar-refractivity contribution in [3.05, 3.63) is 29.8 Å². The molecular weight excluding hydrogens is 228 g/mol. The Labute approximate surface area is 108 Å². The molecule has 0 aromatic heterocycles. The molecule has 1 aromatic carbocycles. The van der Waals surface area contributed by atoms with Crippen LogP contribution in [0.2, 0.25) is 0 Å². The second-order valence-electron chi connectivity index (χ2n) is 4.80. The summed E-state index contributed by atoms with van der Waals surface area (Å²) in [7, 11) is 0. The third-order valence-electron chi connectivity index (χ3n) is 3.19. The molecule has 0 saturated carbocycles. The number of carbonyl (C=O) groups excluding carboxylic acids is 1. The Hall–Kier alpha value is -1.55. The number of anilines is 1. The van der Waals surface area contributed by atoms with E-state index >= 15 is 0 Å². The summed E-state index contributed by atoms with van der Waals surface area (Å²) < 4.78 is 5.54. The molecule has 2 rings (SSSR count). The maximum atomic E-state index is 11.8. The first-order valence-electron chi connectivity index (χ1n) is 6.41. The average molecular weight is 248 g/mol. The van der Waals surface area contributed by atoms with Crippen LogP contribution in [-0.4, -0.2) is 24.8 Å². The van der Waals surface area contributed by atoms with Crippen molar-refractivity contribution in [2.75, 3.05) is 11.9 Å². The minimum Gasteiger partial charge on any atom is -0.376 e. The Morgan fingerprint density at radius 2 is 2.11 bits per heavy atom. The van der Waals surface area contributed by atoms with Crippen molar-refractivity contribution in [1.82, 2.24) is 5.32 Å². The van der Waals surface area contributed by atoms with Crippen molar-refractivity contribution in [1.29, 1.82) is 0 Å². The van der Waals surface area contributed by atoms with Crippen molar-refractivity contribution >= 4 is 11.7 Å². The monoisotopic (exact) mass is 248 g/mol. The first kappa shape index (κ1) is 12.9. The van der Waals surface area contributed by atoms with Crippen LogP contribution in [0.15, 0.2) is 24.3 Å². The summed E-state index contributed by atoms with van der Waals surface area (Å²) in [5, 5.41) is 5.73. The highest BCUT2D eigenvalue weighted by Crippen LogP contribution is 2.15. The van der Waals surface area contributed by atoms with Gasteiger partial charge >= 0.3 is 6.03 Å².